The van der Waals surface area contributed by atoms with Gasteiger partial charge in [-0.2, -0.15) is 4.98 Å². The van der Waals surface area contributed by atoms with E-state index in [2.05, 4.69) is 9.72 Å². The summed E-state index contributed by atoms with van der Waals surface area (Å²) in [7, 11) is -3.61. The van der Waals surface area contributed by atoms with Crippen LogP contribution in [0.15, 0.2) is 34.7 Å². The van der Waals surface area contributed by atoms with Gasteiger partial charge in [-0.05, 0) is 55.2 Å². The van der Waals surface area contributed by atoms with E-state index in [9.17, 15) is 22.4 Å². The van der Waals surface area contributed by atoms with E-state index in [-0.39, 0.29) is 34.8 Å². The number of halogens is 1. The van der Waals surface area contributed by atoms with Crippen molar-refractivity contribution < 1.29 is 31.6 Å². The van der Waals surface area contributed by atoms with Crippen LogP contribution in [0.5, 0.6) is 0 Å². The number of aryl methyl sites for hydroxylation is 1. The summed E-state index contributed by atoms with van der Waals surface area (Å²) in [6.07, 6.45) is 2.66. The zero-order chi connectivity index (χ0) is 23.0. The smallest absolute Gasteiger partial charge is 0.412 e. The summed E-state index contributed by atoms with van der Waals surface area (Å²) in [6, 6.07) is 6.78. The number of sulfonamides is 1. The number of nitrogens with two attached hydrogens (primary N) is 1. The lowest BCUT2D eigenvalue weighted by atomic mass is 10.0. The maximum absolute atomic E-state index is 13.4. The summed E-state index contributed by atoms with van der Waals surface area (Å²) in [6.45, 7) is 0.270. The monoisotopic (exact) mass is 461 g/mol. The van der Waals surface area contributed by atoms with Crippen LogP contribution in [0.1, 0.15) is 35.2 Å². The van der Waals surface area contributed by atoms with E-state index in [0.717, 1.165) is 19.1 Å². The zero-order valence-electron chi connectivity index (χ0n) is 17.1. The van der Waals surface area contributed by atoms with Gasteiger partial charge in [-0.3, -0.25) is 4.31 Å². The van der Waals surface area contributed by atoms with Crippen LogP contribution in [-0.2, 0) is 21.2 Å². The molecule has 0 atom stereocenters. The molecule has 1 amide bonds. The van der Waals surface area contributed by atoms with Gasteiger partial charge in [0.1, 0.15) is 17.2 Å². The molecule has 9 nitrogen and oxygen atoms in total. The minimum atomic E-state index is -3.61. The number of carbonyl (C=O) groups excluding carboxylic acids is 2. The van der Waals surface area contributed by atoms with Gasteiger partial charge in [0.05, 0.1) is 11.6 Å². The van der Waals surface area contributed by atoms with Crippen molar-refractivity contribution in [3.63, 3.8) is 0 Å². The highest BCUT2D eigenvalue weighted by Gasteiger charge is 2.30. The number of rotatable bonds is 3. The third kappa shape index (κ3) is 4.15. The second-order valence-electron chi connectivity index (χ2n) is 7.49. The number of ether oxygens (including phenoxy) is 1. The quantitative estimate of drug-likeness (QED) is 0.467. The van der Waals surface area contributed by atoms with Crippen LogP contribution >= 0.6 is 0 Å². The maximum atomic E-state index is 13.4. The Morgan fingerprint density at radius 3 is 2.56 bits per heavy atom. The van der Waals surface area contributed by atoms with Crippen LogP contribution in [0.2, 0.25) is 0 Å². The van der Waals surface area contributed by atoms with Gasteiger partial charge in [-0.1, -0.05) is 6.42 Å². The summed E-state index contributed by atoms with van der Waals surface area (Å²) in [5, 5.41) is 0.239. The second-order valence-corrected chi connectivity index (χ2v) is 9.40. The fourth-order valence-corrected chi connectivity index (χ4v) is 4.71. The molecule has 2 N–H and O–H groups in total. The van der Waals surface area contributed by atoms with Crippen LogP contribution in [0, 0.1) is 5.82 Å². The number of hydrogen-bond donors (Lipinski definition) is 1. The van der Waals surface area contributed by atoms with Crippen LogP contribution in [-0.4, -0.2) is 38.3 Å². The highest BCUT2D eigenvalue weighted by molar-refractivity contribution is 7.92. The highest BCUT2D eigenvalue weighted by Crippen LogP contribution is 2.37. The van der Waals surface area contributed by atoms with Crippen molar-refractivity contribution in [1.29, 1.82) is 0 Å². The number of furan rings is 1. The number of benzene rings is 1. The average molecular weight is 461 g/mol. The van der Waals surface area contributed by atoms with E-state index in [1.807, 2.05) is 0 Å². The summed E-state index contributed by atoms with van der Waals surface area (Å²) < 4.78 is 49.8. The minimum Gasteiger partial charge on any atom is -0.437 e. The first-order valence-electron chi connectivity index (χ1n) is 9.87. The summed E-state index contributed by atoms with van der Waals surface area (Å²) >= 11 is 0. The molecule has 4 rings (SSSR count). The summed E-state index contributed by atoms with van der Waals surface area (Å²) in [5.74, 6) is -1.31. The first-order valence-corrected chi connectivity index (χ1v) is 11.7. The normalized spacial score (nSPS) is 14.5. The molecule has 0 spiro atoms. The first kappa shape index (κ1) is 21.8. The number of hydrogen-bond acceptors (Lipinski definition) is 7. The standard InChI is InChI=1S/C21H20FN3O6S/c1-32(28,29)25-10-4-2-3-5-13-11-15-16(20(26)31-21(23)27)17(30-19(15)24-18(13)25)12-6-8-14(22)9-7-12/h6-9,11H,2-5,10H2,1H3,(H2,23,27). The van der Waals surface area contributed by atoms with Crippen molar-refractivity contribution in [2.75, 3.05) is 17.1 Å². The lowest BCUT2D eigenvalue weighted by Crippen LogP contribution is -2.33. The molecule has 168 valence electrons. The van der Waals surface area contributed by atoms with Gasteiger partial charge in [0, 0.05) is 12.1 Å². The number of pyridine rings is 1. The Morgan fingerprint density at radius 2 is 1.91 bits per heavy atom. The maximum Gasteiger partial charge on any atom is 0.412 e. The van der Waals surface area contributed by atoms with Crippen LogP contribution in [0.3, 0.4) is 0 Å². The first-order chi connectivity index (χ1) is 15.1. The van der Waals surface area contributed by atoms with Crippen LogP contribution in [0.4, 0.5) is 15.0 Å². The van der Waals surface area contributed by atoms with E-state index in [0.29, 0.717) is 24.0 Å². The predicted octanol–water partition coefficient (Wildman–Crippen LogP) is 3.36. The number of amides is 1. The number of fused-ring (bicyclic) bond motifs is 2. The molecule has 3 heterocycles. The SMILES string of the molecule is CS(=O)(=O)N1CCCCCc2cc3c(C(=O)OC(N)=O)c(-c4ccc(F)cc4)oc3nc21. The summed E-state index contributed by atoms with van der Waals surface area (Å²) in [4.78, 5) is 28.4. The van der Waals surface area contributed by atoms with Gasteiger partial charge in [0.25, 0.3) is 0 Å². The average Bonchev–Trinajstić information content (AvgIpc) is 3.05. The van der Waals surface area contributed by atoms with Crippen molar-refractivity contribution in [2.45, 2.75) is 25.7 Å². The Kier molecular flexibility index (Phi) is 5.59. The van der Waals surface area contributed by atoms with E-state index in [4.69, 9.17) is 10.2 Å². The number of aromatic nitrogens is 1. The van der Waals surface area contributed by atoms with Gasteiger partial charge >= 0.3 is 12.1 Å². The van der Waals surface area contributed by atoms with Gasteiger partial charge in [0.2, 0.25) is 15.7 Å². The van der Waals surface area contributed by atoms with Crippen molar-refractivity contribution >= 4 is 39.0 Å². The molecule has 1 aliphatic heterocycles. The topological polar surface area (TPSA) is 133 Å². The molecule has 2 aromatic heterocycles. The molecule has 0 saturated heterocycles. The van der Waals surface area contributed by atoms with E-state index in [1.165, 1.54) is 28.6 Å². The molecular formula is C21H20FN3O6S. The third-order valence-corrected chi connectivity index (χ3v) is 6.34. The molecular weight excluding hydrogens is 441 g/mol. The molecule has 0 fully saturated rings. The number of carbonyl (C=O) groups is 2. The Balaban J connectivity index is 1.99. The summed E-state index contributed by atoms with van der Waals surface area (Å²) in [5.41, 5.74) is 5.85. The van der Waals surface area contributed by atoms with Crippen molar-refractivity contribution in [2.24, 2.45) is 5.73 Å². The molecule has 0 saturated carbocycles. The van der Waals surface area contributed by atoms with Gasteiger partial charge in [0.15, 0.2) is 5.76 Å². The minimum absolute atomic E-state index is 0.00243. The van der Waals surface area contributed by atoms with Gasteiger partial charge in [-0.25, -0.2) is 22.4 Å². The molecule has 0 unspecified atom stereocenters. The molecule has 3 aromatic rings. The second kappa shape index (κ2) is 8.23. The largest absolute Gasteiger partial charge is 0.437 e. The number of primary amides is 1. The zero-order valence-corrected chi connectivity index (χ0v) is 17.9. The molecule has 1 aliphatic rings. The van der Waals surface area contributed by atoms with E-state index in [1.54, 1.807) is 6.07 Å². The van der Waals surface area contributed by atoms with E-state index < -0.39 is 27.9 Å². The fourth-order valence-electron chi connectivity index (χ4n) is 3.78. The molecule has 0 radical (unpaired) electrons. The van der Waals surface area contributed by atoms with Crippen molar-refractivity contribution in [3.8, 4) is 11.3 Å². The highest BCUT2D eigenvalue weighted by atomic mass is 32.2. The van der Waals surface area contributed by atoms with Crippen LogP contribution in [0.25, 0.3) is 22.4 Å². The molecule has 11 heteroatoms. The Bertz CT molecular complexity index is 1320. The Labute approximate surface area is 183 Å². The van der Waals surface area contributed by atoms with Gasteiger partial charge < -0.3 is 14.9 Å². The predicted molar refractivity (Wildman–Crippen MR) is 114 cm³/mol. The number of anilines is 1. The Morgan fingerprint density at radius 1 is 1.19 bits per heavy atom. The fraction of sp³-hybridized carbons (Fsp3) is 0.286. The van der Waals surface area contributed by atoms with Gasteiger partial charge in [-0.15, -0.1) is 0 Å². The van der Waals surface area contributed by atoms with Crippen molar-refractivity contribution in [1.82, 2.24) is 4.98 Å². The lowest BCUT2D eigenvalue weighted by Gasteiger charge is -2.25. The molecule has 1 aromatic carbocycles. The van der Waals surface area contributed by atoms with E-state index >= 15 is 0 Å². The molecule has 0 bridgehead atoms. The number of nitrogens with zero attached hydrogens (tertiary/aromatic N) is 2. The van der Waals surface area contributed by atoms with Crippen LogP contribution < -0.4 is 10.0 Å². The van der Waals surface area contributed by atoms with Crippen molar-refractivity contribution in [3.05, 3.63) is 47.3 Å². The number of esters is 1. The molecule has 32 heavy (non-hydrogen) atoms. The molecule has 0 aliphatic carbocycles. The lowest BCUT2D eigenvalue weighted by molar-refractivity contribution is 0.0640. The Hall–Kier alpha value is -3.47. The third-order valence-electron chi connectivity index (χ3n) is 5.19.